The van der Waals surface area contributed by atoms with Gasteiger partial charge in [-0.15, -0.1) is 26.3 Å². The molecular formula is C18H14F6O8. The highest BCUT2D eigenvalue weighted by Crippen LogP contribution is 2.30. The Balaban J connectivity index is 0.000000323. The molecule has 0 aliphatic rings. The highest BCUT2D eigenvalue weighted by Gasteiger charge is 2.32. The van der Waals surface area contributed by atoms with Gasteiger partial charge >= 0.3 is 24.7 Å². The number of methoxy groups -OCH3 is 2. The number of halogens is 6. The van der Waals surface area contributed by atoms with E-state index in [1.165, 1.54) is 7.11 Å². The van der Waals surface area contributed by atoms with E-state index >= 15 is 0 Å². The third kappa shape index (κ3) is 8.49. The number of carbonyl (C=O) groups is 2. The van der Waals surface area contributed by atoms with Crippen molar-refractivity contribution in [3.05, 3.63) is 47.5 Å². The molecule has 0 fully saturated rings. The minimum atomic E-state index is -4.88. The maximum atomic E-state index is 11.9. The Kier molecular flexibility index (Phi) is 8.56. The van der Waals surface area contributed by atoms with Crippen LogP contribution in [0.4, 0.5) is 26.3 Å². The van der Waals surface area contributed by atoms with Gasteiger partial charge in [0.25, 0.3) is 0 Å². The number of aromatic carboxylic acids is 1. The number of carboxylic acid groups (broad SMARTS) is 1. The number of carboxylic acids is 1. The van der Waals surface area contributed by atoms with Crippen molar-refractivity contribution in [3.63, 3.8) is 0 Å². The number of benzene rings is 2. The topological polar surface area (TPSA) is 112 Å². The van der Waals surface area contributed by atoms with Gasteiger partial charge in [0.05, 0.1) is 14.2 Å². The van der Waals surface area contributed by atoms with Crippen LogP contribution in [-0.2, 0) is 4.74 Å². The number of phenols is 1. The second-order valence-corrected chi connectivity index (χ2v) is 5.43. The molecule has 14 heteroatoms. The van der Waals surface area contributed by atoms with E-state index in [1.54, 1.807) is 0 Å². The molecule has 0 spiro atoms. The van der Waals surface area contributed by atoms with Gasteiger partial charge in [0, 0.05) is 12.1 Å². The van der Waals surface area contributed by atoms with Crippen molar-refractivity contribution < 1.29 is 65.1 Å². The third-order valence-corrected chi connectivity index (χ3v) is 3.25. The fourth-order valence-corrected chi connectivity index (χ4v) is 2.04. The van der Waals surface area contributed by atoms with Crippen LogP contribution < -0.4 is 14.2 Å². The molecule has 2 aromatic rings. The SMILES string of the molecule is COC(=O)c1ccc(OC(F)(F)F)cc1OC.O=C(O)c1ccc(OC(F)(F)F)cc1O. The first-order chi connectivity index (χ1) is 14.7. The Morgan fingerprint density at radius 1 is 0.812 bits per heavy atom. The molecule has 0 unspecified atom stereocenters. The standard InChI is InChI=1S/C10H9F3O4.C8H5F3O4/c1-15-8-5-6(17-10(11,12)13)3-4-7(8)9(14)16-2;9-8(10,11)15-4-1-2-5(7(13)14)6(12)3-4/h3-5H,1-2H3;1-3,12H,(H,13,14). The summed E-state index contributed by atoms with van der Waals surface area (Å²) in [6, 6.07) is 5.29. The van der Waals surface area contributed by atoms with Crippen LogP contribution in [0.25, 0.3) is 0 Å². The zero-order chi connectivity index (χ0) is 24.7. The van der Waals surface area contributed by atoms with E-state index in [9.17, 15) is 35.9 Å². The average Bonchev–Trinajstić information content (AvgIpc) is 2.65. The van der Waals surface area contributed by atoms with Crippen LogP contribution in [-0.4, -0.2) is 49.1 Å². The Labute approximate surface area is 175 Å². The number of rotatable bonds is 5. The number of hydrogen-bond acceptors (Lipinski definition) is 7. The molecule has 0 bridgehead atoms. The number of ether oxygens (including phenoxy) is 4. The number of carbonyl (C=O) groups excluding carboxylic acids is 1. The van der Waals surface area contributed by atoms with Gasteiger partial charge < -0.3 is 29.2 Å². The monoisotopic (exact) mass is 472 g/mol. The average molecular weight is 472 g/mol. The van der Waals surface area contributed by atoms with Gasteiger partial charge in [-0.25, -0.2) is 9.59 Å². The lowest BCUT2D eigenvalue weighted by Gasteiger charge is -2.11. The highest BCUT2D eigenvalue weighted by molar-refractivity contribution is 5.92. The van der Waals surface area contributed by atoms with E-state index in [0.717, 1.165) is 37.4 Å². The Morgan fingerprint density at radius 3 is 1.66 bits per heavy atom. The Bertz CT molecular complexity index is 955. The van der Waals surface area contributed by atoms with Crippen molar-refractivity contribution >= 4 is 11.9 Å². The van der Waals surface area contributed by atoms with Crippen LogP contribution >= 0.6 is 0 Å². The number of hydrogen-bond donors (Lipinski definition) is 2. The molecule has 2 N–H and O–H groups in total. The van der Waals surface area contributed by atoms with E-state index in [-0.39, 0.29) is 11.3 Å². The summed E-state index contributed by atoms with van der Waals surface area (Å²) in [7, 11) is 2.38. The summed E-state index contributed by atoms with van der Waals surface area (Å²) in [6.07, 6.45) is -9.67. The molecule has 0 saturated heterocycles. The first kappa shape index (κ1) is 26.2. The summed E-state index contributed by atoms with van der Waals surface area (Å²) in [4.78, 5) is 21.6. The fourth-order valence-electron chi connectivity index (χ4n) is 2.04. The molecule has 2 aromatic carbocycles. The summed E-state index contributed by atoms with van der Waals surface area (Å²) in [5.41, 5.74) is -0.478. The summed E-state index contributed by atoms with van der Waals surface area (Å²) >= 11 is 0. The van der Waals surface area contributed by atoms with Crippen LogP contribution in [0, 0.1) is 0 Å². The van der Waals surface area contributed by atoms with E-state index in [0.29, 0.717) is 6.07 Å². The number of esters is 1. The molecule has 0 atom stereocenters. The van der Waals surface area contributed by atoms with Crippen LogP contribution in [0.15, 0.2) is 36.4 Å². The van der Waals surface area contributed by atoms with Crippen molar-refractivity contribution in [3.8, 4) is 23.0 Å². The molecule has 0 aliphatic carbocycles. The molecule has 0 amide bonds. The van der Waals surface area contributed by atoms with Crippen LogP contribution in [0.1, 0.15) is 20.7 Å². The van der Waals surface area contributed by atoms with Crippen LogP contribution in [0.3, 0.4) is 0 Å². The van der Waals surface area contributed by atoms with Gasteiger partial charge in [-0.2, -0.15) is 0 Å². The predicted molar refractivity (Wildman–Crippen MR) is 92.8 cm³/mol. The highest BCUT2D eigenvalue weighted by atomic mass is 19.4. The lowest BCUT2D eigenvalue weighted by atomic mass is 10.2. The Hall–Kier alpha value is -3.84. The smallest absolute Gasteiger partial charge is 0.507 e. The molecule has 2 rings (SSSR count). The van der Waals surface area contributed by atoms with Crippen LogP contribution in [0.2, 0.25) is 0 Å². The Morgan fingerprint density at radius 2 is 1.28 bits per heavy atom. The third-order valence-electron chi connectivity index (χ3n) is 3.25. The molecule has 8 nitrogen and oxygen atoms in total. The maximum absolute atomic E-state index is 11.9. The molecular weight excluding hydrogens is 458 g/mol. The summed E-state index contributed by atoms with van der Waals surface area (Å²) in [5, 5.41) is 17.5. The molecule has 0 heterocycles. The minimum Gasteiger partial charge on any atom is -0.507 e. The normalized spacial score (nSPS) is 11.0. The van der Waals surface area contributed by atoms with Gasteiger partial charge in [-0.1, -0.05) is 0 Å². The fraction of sp³-hybridized carbons (Fsp3) is 0.222. The second-order valence-electron chi connectivity index (χ2n) is 5.43. The quantitative estimate of drug-likeness (QED) is 0.488. The van der Waals surface area contributed by atoms with Crippen molar-refractivity contribution in [2.75, 3.05) is 14.2 Å². The van der Waals surface area contributed by atoms with Crippen molar-refractivity contribution in [1.29, 1.82) is 0 Å². The molecule has 32 heavy (non-hydrogen) atoms. The zero-order valence-corrected chi connectivity index (χ0v) is 16.1. The first-order valence-corrected chi connectivity index (χ1v) is 8.01. The van der Waals surface area contributed by atoms with Gasteiger partial charge in [0.15, 0.2) is 0 Å². The molecule has 0 radical (unpaired) electrons. The largest absolute Gasteiger partial charge is 0.573 e. The number of aromatic hydroxyl groups is 1. The summed E-state index contributed by atoms with van der Waals surface area (Å²) in [6.45, 7) is 0. The molecule has 0 aromatic heterocycles. The molecule has 0 saturated carbocycles. The van der Waals surface area contributed by atoms with Crippen molar-refractivity contribution in [2.45, 2.75) is 12.7 Å². The lowest BCUT2D eigenvalue weighted by Crippen LogP contribution is -2.17. The predicted octanol–water partition coefficient (Wildman–Crippen LogP) is 4.37. The van der Waals surface area contributed by atoms with Gasteiger partial charge in [-0.3, -0.25) is 0 Å². The summed E-state index contributed by atoms with van der Waals surface area (Å²) < 4.78 is 87.3. The van der Waals surface area contributed by atoms with E-state index in [4.69, 9.17) is 14.9 Å². The second kappa shape index (κ2) is 10.5. The van der Waals surface area contributed by atoms with Crippen molar-refractivity contribution in [2.24, 2.45) is 0 Å². The zero-order valence-electron chi connectivity index (χ0n) is 16.1. The van der Waals surface area contributed by atoms with Crippen LogP contribution in [0.5, 0.6) is 23.0 Å². The van der Waals surface area contributed by atoms with Crippen molar-refractivity contribution in [1.82, 2.24) is 0 Å². The van der Waals surface area contributed by atoms with E-state index < -0.39 is 47.5 Å². The minimum absolute atomic E-state index is 0.0181. The lowest BCUT2D eigenvalue weighted by molar-refractivity contribution is -0.275. The molecule has 176 valence electrons. The maximum Gasteiger partial charge on any atom is 0.573 e. The first-order valence-electron chi connectivity index (χ1n) is 8.01. The number of alkyl halides is 6. The summed E-state index contributed by atoms with van der Waals surface area (Å²) in [5.74, 6) is -4.14. The van der Waals surface area contributed by atoms with Gasteiger partial charge in [-0.05, 0) is 24.3 Å². The van der Waals surface area contributed by atoms with Gasteiger partial charge in [0.2, 0.25) is 0 Å². The van der Waals surface area contributed by atoms with Gasteiger partial charge in [0.1, 0.15) is 34.1 Å². The van der Waals surface area contributed by atoms with E-state index in [1.807, 2.05) is 0 Å². The van der Waals surface area contributed by atoms with E-state index in [2.05, 4.69) is 14.2 Å². The molecule has 0 aliphatic heterocycles.